The van der Waals surface area contributed by atoms with Crippen LogP contribution in [-0.4, -0.2) is 7.05 Å². The molecule has 1 atom stereocenters. The van der Waals surface area contributed by atoms with Gasteiger partial charge in [-0.15, -0.1) is 0 Å². The van der Waals surface area contributed by atoms with Crippen LogP contribution in [0.4, 0.5) is 10.1 Å². The molecule has 0 aromatic heterocycles. The fraction of sp³-hybridized carbons (Fsp3) is 0.250. The maximum atomic E-state index is 12.9. The van der Waals surface area contributed by atoms with E-state index in [4.69, 9.17) is 5.73 Å². The maximum Gasteiger partial charge on any atom is 0.123 e. The van der Waals surface area contributed by atoms with E-state index in [0.29, 0.717) is 6.54 Å². The van der Waals surface area contributed by atoms with Crippen LogP contribution in [0, 0.1) is 5.82 Å². The standard InChI is InChI=1S/C16H18BrFN2/c1-11(19)15-9-13(17)5-8-16(15)20(2)10-12-3-6-14(18)7-4-12/h3-9,11H,10,19H2,1-2H3. The molecule has 0 spiro atoms. The van der Waals surface area contributed by atoms with Crippen LogP contribution in [0.1, 0.15) is 24.1 Å². The highest BCUT2D eigenvalue weighted by Gasteiger charge is 2.11. The van der Waals surface area contributed by atoms with Crippen molar-refractivity contribution in [1.82, 2.24) is 0 Å². The van der Waals surface area contributed by atoms with Gasteiger partial charge in [0.05, 0.1) is 0 Å². The van der Waals surface area contributed by atoms with Crippen LogP contribution in [0.25, 0.3) is 0 Å². The van der Waals surface area contributed by atoms with Gasteiger partial charge in [0.25, 0.3) is 0 Å². The normalized spacial score (nSPS) is 12.2. The minimum Gasteiger partial charge on any atom is -0.370 e. The van der Waals surface area contributed by atoms with Gasteiger partial charge in [-0.1, -0.05) is 28.1 Å². The topological polar surface area (TPSA) is 29.3 Å². The first-order chi connectivity index (χ1) is 9.47. The van der Waals surface area contributed by atoms with Gasteiger partial charge in [0.15, 0.2) is 0 Å². The van der Waals surface area contributed by atoms with E-state index < -0.39 is 0 Å². The third kappa shape index (κ3) is 3.58. The molecule has 0 aliphatic rings. The monoisotopic (exact) mass is 336 g/mol. The van der Waals surface area contributed by atoms with E-state index >= 15 is 0 Å². The Kier molecular flexibility index (Phi) is 4.78. The van der Waals surface area contributed by atoms with Crippen molar-refractivity contribution in [2.24, 2.45) is 5.73 Å². The maximum absolute atomic E-state index is 12.9. The van der Waals surface area contributed by atoms with Crippen LogP contribution in [0.2, 0.25) is 0 Å². The molecule has 0 saturated heterocycles. The average molecular weight is 337 g/mol. The first kappa shape index (κ1) is 15.0. The molecule has 0 radical (unpaired) electrons. The fourth-order valence-electron chi connectivity index (χ4n) is 2.19. The van der Waals surface area contributed by atoms with Gasteiger partial charge in [-0.25, -0.2) is 4.39 Å². The number of nitrogens with two attached hydrogens (primary N) is 1. The molecule has 2 N–H and O–H groups in total. The highest BCUT2D eigenvalue weighted by Crippen LogP contribution is 2.28. The zero-order chi connectivity index (χ0) is 14.7. The van der Waals surface area contributed by atoms with Gasteiger partial charge in [-0.05, 0) is 48.4 Å². The quantitative estimate of drug-likeness (QED) is 0.904. The highest BCUT2D eigenvalue weighted by molar-refractivity contribution is 9.10. The fourth-order valence-corrected chi connectivity index (χ4v) is 2.57. The second-order valence-electron chi connectivity index (χ2n) is 4.97. The summed E-state index contributed by atoms with van der Waals surface area (Å²) in [4.78, 5) is 2.12. The Labute approximate surface area is 127 Å². The van der Waals surface area contributed by atoms with Crippen molar-refractivity contribution in [3.63, 3.8) is 0 Å². The Bertz CT molecular complexity index is 582. The van der Waals surface area contributed by atoms with Crippen molar-refractivity contribution < 1.29 is 4.39 Å². The smallest absolute Gasteiger partial charge is 0.123 e. The first-order valence-electron chi connectivity index (χ1n) is 6.48. The van der Waals surface area contributed by atoms with E-state index in [1.165, 1.54) is 12.1 Å². The summed E-state index contributed by atoms with van der Waals surface area (Å²) in [6.45, 7) is 2.68. The first-order valence-corrected chi connectivity index (χ1v) is 7.27. The Morgan fingerprint density at radius 2 is 1.85 bits per heavy atom. The number of benzene rings is 2. The van der Waals surface area contributed by atoms with Gasteiger partial charge in [0.2, 0.25) is 0 Å². The summed E-state index contributed by atoms with van der Waals surface area (Å²) < 4.78 is 13.9. The van der Waals surface area contributed by atoms with E-state index in [2.05, 4.69) is 20.8 Å². The molecule has 0 aliphatic heterocycles. The Morgan fingerprint density at radius 1 is 1.20 bits per heavy atom. The van der Waals surface area contributed by atoms with Crippen molar-refractivity contribution >= 4 is 21.6 Å². The predicted molar refractivity (Wildman–Crippen MR) is 85.3 cm³/mol. The van der Waals surface area contributed by atoms with Gasteiger partial charge < -0.3 is 10.6 Å². The predicted octanol–water partition coefficient (Wildman–Crippen LogP) is 4.24. The van der Waals surface area contributed by atoms with E-state index in [0.717, 1.165) is 21.3 Å². The van der Waals surface area contributed by atoms with Crippen molar-refractivity contribution in [2.45, 2.75) is 19.5 Å². The van der Waals surface area contributed by atoms with Crippen LogP contribution < -0.4 is 10.6 Å². The molecule has 1 unspecified atom stereocenters. The zero-order valence-electron chi connectivity index (χ0n) is 11.6. The number of rotatable bonds is 4. The molecule has 0 fully saturated rings. The molecule has 0 bridgehead atoms. The van der Waals surface area contributed by atoms with Gasteiger partial charge in [0, 0.05) is 29.8 Å². The molecule has 2 nitrogen and oxygen atoms in total. The lowest BCUT2D eigenvalue weighted by Crippen LogP contribution is -2.20. The summed E-state index contributed by atoms with van der Waals surface area (Å²) >= 11 is 3.47. The molecule has 0 amide bonds. The Balaban J connectivity index is 2.24. The molecule has 4 heteroatoms. The number of hydrogen-bond donors (Lipinski definition) is 1. The van der Waals surface area contributed by atoms with Gasteiger partial charge in [0.1, 0.15) is 5.82 Å². The van der Waals surface area contributed by atoms with Gasteiger partial charge in [-0.2, -0.15) is 0 Å². The average Bonchev–Trinajstić information content (AvgIpc) is 2.41. The van der Waals surface area contributed by atoms with Crippen molar-refractivity contribution in [1.29, 1.82) is 0 Å². The van der Waals surface area contributed by atoms with E-state index in [-0.39, 0.29) is 11.9 Å². The lowest BCUT2D eigenvalue weighted by molar-refractivity contribution is 0.627. The van der Waals surface area contributed by atoms with Crippen molar-refractivity contribution in [3.05, 3.63) is 63.9 Å². The number of anilines is 1. The molecular formula is C16H18BrFN2. The van der Waals surface area contributed by atoms with Crippen molar-refractivity contribution in [2.75, 3.05) is 11.9 Å². The van der Waals surface area contributed by atoms with Crippen LogP contribution in [0.15, 0.2) is 46.9 Å². The third-order valence-corrected chi connectivity index (χ3v) is 3.72. The molecule has 2 rings (SSSR count). The molecule has 2 aromatic rings. The van der Waals surface area contributed by atoms with E-state index in [9.17, 15) is 4.39 Å². The minimum absolute atomic E-state index is 0.0434. The van der Waals surface area contributed by atoms with E-state index in [1.807, 2.05) is 32.2 Å². The van der Waals surface area contributed by atoms with Crippen LogP contribution >= 0.6 is 15.9 Å². The minimum atomic E-state index is -0.212. The van der Waals surface area contributed by atoms with E-state index in [1.54, 1.807) is 12.1 Å². The molecule has 0 saturated carbocycles. The third-order valence-electron chi connectivity index (χ3n) is 3.22. The second kappa shape index (κ2) is 6.37. The molecule has 2 aromatic carbocycles. The number of hydrogen-bond acceptors (Lipinski definition) is 2. The van der Waals surface area contributed by atoms with Crippen molar-refractivity contribution in [3.8, 4) is 0 Å². The SMILES string of the molecule is CC(N)c1cc(Br)ccc1N(C)Cc1ccc(F)cc1. The summed E-state index contributed by atoms with van der Waals surface area (Å²) in [5, 5.41) is 0. The van der Waals surface area contributed by atoms with Crippen LogP contribution in [0.3, 0.4) is 0 Å². The molecule has 106 valence electrons. The lowest BCUT2D eigenvalue weighted by atomic mass is 10.1. The molecule has 20 heavy (non-hydrogen) atoms. The summed E-state index contributed by atoms with van der Waals surface area (Å²) in [6, 6.07) is 12.6. The number of halogens is 2. The Hall–Kier alpha value is -1.39. The lowest BCUT2D eigenvalue weighted by Gasteiger charge is -2.24. The highest BCUT2D eigenvalue weighted by atomic mass is 79.9. The summed E-state index contributed by atoms with van der Waals surface area (Å²) in [6.07, 6.45) is 0. The summed E-state index contributed by atoms with van der Waals surface area (Å²) in [5.74, 6) is -0.212. The van der Waals surface area contributed by atoms with Crippen LogP contribution in [0.5, 0.6) is 0 Å². The molecule has 0 aliphatic carbocycles. The van der Waals surface area contributed by atoms with Gasteiger partial charge in [-0.3, -0.25) is 0 Å². The second-order valence-corrected chi connectivity index (χ2v) is 5.89. The summed E-state index contributed by atoms with van der Waals surface area (Å²) in [5.41, 5.74) is 9.28. The largest absolute Gasteiger partial charge is 0.370 e. The van der Waals surface area contributed by atoms with Crippen LogP contribution in [-0.2, 0) is 6.54 Å². The molecule has 0 heterocycles. The Morgan fingerprint density at radius 3 is 2.45 bits per heavy atom. The van der Waals surface area contributed by atoms with Gasteiger partial charge >= 0.3 is 0 Å². The molecular weight excluding hydrogens is 319 g/mol. The number of nitrogens with zero attached hydrogens (tertiary/aromatic N) is 1. The zero-order valence-corrected chi connectivity index (χ0v) is 13.2. The summed E-state index contributed by atoms with van der Waals surface area (Å²) in [7, 11) is 2.01.